The fourth-order valence-corrected chi connectivity index (χ4v) is 2.72. The van der Waals surface area contributed by atoms with Crippen molar-refractivity contribution in [3.05, 3.63) is 59.8 Å². The Hall–Kier alpha value is -3.12. The monoisotopic (exact) mass is 337 g/mol. The Morgan fingerprint density at radius 2 is 2.12 bits per heavy atom. The second kappa shape index (κ2) is 7.19. The lowest BCUT2D eigenvalue weighted by Crippen LogP contribution is -2.97. The highest BCUT2D eigenvalue weighted by Gasteiger charge is 2.27. The number of carbonyl (C=O) groups is 1. The Kier molecular flexibility index (Phi) is 4.81. The second-order valence-electron chi connectivity index (χ2n) is 5.62. The van der Waals surface area contributed by atoms with Crippen LogP contribution in [0.1, 0.15) is 18.1 Å². The predicted molar refractivity (Wildman–Crippen MR) is 93.8 cm³/mol. The SMILES string of the molecule is CCOc1cc(C=NNC(=O)C2=C[NH+](C)c3ccccc32)ccc1[O-]. The predicted octanol–water partition coefficient (Wildman–Crippen LogP) is 0.810. The molecular weight excluding hydrogens is 318 g/mol. The molecule has 3 rings (SSSR count). The third kappa shape index (κ3) is 3.54. The maximum absolute atomic E-state index is 12.4. The van der Waals surface area contributed by atoms with E-state index in [9.17, 15) is 9.90 Å². The number of para-hydroxylation sites is 1. The summed E-state index contributed by atoms with van der Waals surface area (Å²) in [4.78, 5) is 13.4. The van der Waals surface area contributed by atoms with E-state index >= 15 is 0 Å². The number of quaternary nitrogens is 1. The van der Waals surface area contributed by atoms with E-state index in [2.05, 4.69) is 10.5 Å². The first-order valence-corrected chi connectivity index (χ1v) is 8.02. The summed E-state index contributed by atoms with van der Waals surface area (Å²) in [6.45, 7) is 2.22. The van der Waals surface area contributed by atoms with Crippen molar-refractivity contribution in [2.45, 2.75) is 6.92 Å². The van der Waals surface area contributed by atoms with E-state index in [1.54, 1.807) is 12.1 Å². The van der Waals surface area contributed by atoms with Crippen LogP contribution in [-0.4, -0.2) is 25.8 Å². The van der Waals surface area contributed by atoms with Crippen LogP contribution < -0.4 is 20.2 Å². The highest BCUT2D eigenvalue weighted by atomic mass is 16.5. The minimum atomic E-state index is -0.272. The third-order valence-corrected chi connectivity index (χ3v) is 3.89. The summed E-state index contributed by atoms with van der Waals surface area (Å²) in [7, 11) is 1.97. The smallest absolute Gasteiger partial charge is 0.277 e. The number of benzene rings is 2. The molecule has 2 aromatic carbocycles. The standard InChI is InChI=1S/C19H19N3O3/c1-3-25-18-10-13(8-9-17(18)23)11-20-21-19(24)15-12-22(2)16-7-5-4-6-14(15)16/h4-12,23H,3H2,1-2H3,(H,21,24). The number of hydrazone groups is 1. The van der Waals surface area contributed by atoms with Gasteiger partial charge >= 0.3 is 0 Å². The molecule has 2 aromatic rings. The molecule has 0 saturated heterocycles. The van der Waals surface area contributed by atoms with Gasteiger partial charge in [-0.15, -0.1) is 0 Å². The molecular formula is C19H19N3O3. The summed E-state index contributed by atoms with van der Waals surface area (Å²) < 4.78 is 5.26. The molecule has 6 heteroatoms. The molecule has 1 aliphatic heterocycles. The van der Waals surface area contributed by atoms with E-state index in [0.717, 1.165) is 16.2 Å². The van der Waals surface area contributed by atoms with Crippen LogP contribution in [0.3, 0.4) is 0 Å². The summed E-state index contributed by atoms with van der Waals surface area (Å²) >= 11 is 0. The molecule has 1 heterocycles. The quantitative estimate of drug-likeness (QED) is 0.626. The summed E-state index contributed by atoms with van der Waals surface area (Å²) in [5.74, 6) is -0.178. The number of ether oxygens (including phenoxy) is 1. The zero-order valence-corrected chi connectivity index (χ0v) is 14.1. The zero-order valence-electron chi connectivity index (χ0n) is 14.1. The van der Waals surface area contributed by atoms with Gasteiger partial charge in [-0.2, -0.15) is 5.10 Å². The Balaban J connectivity index is 1.70. The van der Waals surface area contributed by atoms with Gasteiger partial charge in [-0.3, -0.25) is 9.69 Å². The molecule has 0 aliphatic carbocycles. The number of hydrogen-bond acceptors (Lipinski definition) is 4. The van der Waals surface area contributed by atoms with Gasteiger partial charge in [0.15, 0.2) is 0 Å². The Bertz CT molecular complexity index is 859. The number of amides is 1. The van der Waals surface area contributed by atoms with Crippen molar-refractivity contribution < 1.29 is 19.5 Å². The molecule has 0 saturated carbocycles. The lowest BCUT2D eigenvalue weighted by Gasteiger charge is -2.13. The first kappa shape index (κ1) is 16.7. The molecule has 1 atom stereocenters. The van der Waals surface area contributed by atoms with Crippen molar-refractivity contribution >= 4 is 23.4 Å². The van der Waals surface area contributed by atoms with Gasteiger partial charge in [-0.05, 0) is 24.6 Å². The number of carbonyl (C=O) groups excluding carboxylic acids is 1. The number of nitrogens with one attached hydrogen (secondary N) is 2. The fourth-order valence-electron chi connectivity index (χ4n) is 2.72. The second-order valence-corrected chi connectivity index (χ2v) is 5.62. The van der Waals surface area contributed by atoms with E-state index in [4.69, 9.17) is 4.74 Å². The lowest BCUT2D eigenvalue weighted by atomic mass is 10.1. The molecule has 6 nitrogen and oxygen atoms in total. The van der Waals surface area contributed by atoms with Gasteiger partial charge in [0.25, 0.3) is 5.91 Å². The maximum Gasteiger partial charge on any atom is 0.277 e. The van der Waals surface area contributed by atoms with E-state index in [1.165, 1.54) is 12.3 Å². The van der Waals surface area contributed by atoms with E-state index in [0.29, 0.717) is 17.7 Å². The minimum absolute atomic E-state index is 0.179. The van der Waals surface area contributed by atoms with Gasteiger partial charge in [-0.1, -0.05) is 30.0 Å². The van der Waals surface area contributed by atoms with Gasteiger partial charge in [-0.25, -0.2) is 5.43 Å². The zero-order chi connectivity index (χ0) is 17.8. The van der Waals surface area contributed by atoms with Gasteiger partial charge < -0.3 is 9.84 Å². The molecule has 0 radical (unpaired) electrons. The Morgan fingerprint density at radius 1 is 1.32 bits per heavy atom. The van der Waals surface area contributed by atoms with E-state index in [-0.39, 0.29) is 17.4 Å². The molecule has 0 aromatic heterocycles. The number of hydrogen-bond donors (Lipinski definition) is 2. The molecule has 1 aliphatic rings. The Labute approximate surface area is 146 Å². The van der Waals surface area contributed by atoms with Crippen molar-refractivity contribution in [2.24, 2.45) is 5.10 Å². The van der Waals surface area contributed by atoms with Crippen LogP contribution >= 0.6 is 0 Å². The highest BCUT2D eigenvalue weighted by molar-refractivity contribution is 6.21. The van der Waals surface area contributed by atoms with Crippen molar-refractivity contribution in [1.29, 1.82) is 0 Å². The topological polar surface area (TPSA) is 78.2 Å². The summed E-state index contributed by atoms with van der Waals surface area (Å²) in [5, 5.41) is 15.6. The van der Waals surface area contributed by atoms with Gasteiger partial charge in [0.1, 0.15) is 23.2 Å². The largest absolute Gasteiger partial charge is 0.870 e. The minimum Gasteiger partial charge on any atom is -0.870 e. The van der Waals surface area contributed by atoms with E-state index in [1.807, 2.05) is 44.4 Å². The molecule has 1 unspecified atom stereocenters. The summed E-state index contributed by atoms with van der Waals surface area (Å²) in [6, 6.07) is 12.4. The average Bonchev–Trinajstić information content (AvgIpc) is 2.95. The first-order valence-electron chi connectivity index (χ1n) is 8.02. The van der Waals surface area contributed by atoms with Gasteiger partial charge in [0.05, 0.1) is 25.4 Å². The summed E-state index contributed by atoms with van der Waals surface area (Å²) in [5.41, 5.74) is 5.76. The lowest BCUT2D eigenvalue weighted by molar-refractivity contribution is -0.747. The van der Waals surface area contributed by atoms with Crippen LogP contribution in [-0.2, 0) is 4.79 Å². The molecule has 25 heavy (non-hydrogen) atoms. The molecule has 128 valence electrons. The number of fused-ring (bicyclic) bond motifs is 1. The van der Waals surface area contributed by atoms with Crippen LogP contribution in [0.25, 0.3) is 5.57 Å². The molecule has 1 amide bonds. The van der Waals surface area contributed by atoms with Crippen molar-refractivity contribution in [3.8, 4) is 11.5 Å². The molecule has 0 fully saturated rings. The highest BCUT2D eigenvalue weighted by Crippen LogP contribution is 2.25. The molecule has 2 N–H and O–H groups in total. The normalized spacial score (nSPS) is 15.8. The molecule has 0 spiro atoms. The Morgan fingerprint density at radius 3 is 2.92 bits per heavy atom. The van der Waals surface area contributed by atoms with Crippen molar-refractivity contribution in [3.63, 3.8) is 0 Å². The van der Waals surface area contributed by atoms with Crippen LogP contribution in [0.2, 0.25) is 0 Å². The van der Waals surface area contributed by atoms with Crippen LogP contribution in [0.4, 0.5) is 5.69 Å². The maximum atomic E-state index is 12.4. The number of rotatable bonds is 5. The summed E-state index contributed by atoms with van der Waals surface area (Å²) in [6.07, 6.45) is 3.34. The van der Waals surface area contributed by atoms with Gasteiger partial charge in [0, 0.05) is 6.07 Å². The van der Waals surface area contributed by atoms with Crippen LogP contribution in [0, 0.1) is 0 Å². The van der Waals surface area contributed by atoms with Crippen molar-refractivity contribution in [1.82, 2.24) is 5.43 Å². The van der Waals surface area contributed by atoms with Crippen LogP contribution in [0.5, 0.6) is 11.5 Å². The number of nitrogens with zero attached hydrogens (tertiary/aromatic N) is 1. The van der Waals surface area contributed by atoms with E-state index < -0.39 is 0 Å². The molecule has 0 bridgehead atoms. The van der Waals surface area contributed by atoms with Crippen LogP contribution in [0.15, 0.2) is 53.8 Å². The van der Waals surface area contributed by atoms with Crippen molar-refractivity contribution in [2.75, 3.05) is 13.7 Å². The third-order valence-electron chi connectivity index (χ3n) is 3.89. The first-order chi connectivity index (χ1) is 12.1. The average molecular weight is 337 g/mol. The van der Waals surface area contributed by atoms with Gasteiger partial charge in [0.2, 0.25) is 0 Å². The fraction of sp³-hybridized carbons (Fsp3) is 0.158.